The fourth-order valence-electron chi connectivity index (χ4n) is 5.13. The van der Waals surface area contributed by atoms with Gasteiger partial charge in [-0.05, 0) is 57.2 Å². The van der Waals surface area contributed by atoms with Crippen LogP contribution in [0.25, 0.3) is 0 Å². The second-order valence-electron chi connectivity index (χ2n) is 8.92. The average molecular weight is 441 g/mol. The maximum atomic E-state index is 9.51. The number of hydrogen-bond donors (Lipinski definition) is 0. The summed E-state index contributed by atoms with van der Waals surface area (Å²) in [6, 6.07) is 6.06. The minimum Gasteiger partial charge on any atom is -0.370 e. The molecule has 7 nitrogen and oxygen atoms in total. The standard InChI is InChI=1S/C26H28N6O/c1-17-9-10-19(15-27)26(29-17)33-30-25-20(16-32-14-13-28-18(32)2)11-12-23-24(25)21-7-5-4-6-8-22(21)31(23)3/h4-5,7,9-10,13-14,20,22H,6,8,11-12,16H2,1-3H3/b30-25+. The first kappa shape index (κ1) is 21.2. The summed E-state index contributed by atoms with van der Waals surface area (Å²) in [6.45, 7) is 4.69. The molecule has 0 N–H and O–H groups in total. The van der Waals surface area contributed by atoms with E-state index >= 15 is 0 Å². The maximum Gasteiger partial charge on any atom is 0.266 e. The van der Waals surface area contributed by atoms with Gasteiger partial charge in [0.25, 0.3) is 5.88 Å². The SMILES string of the molecule is Cc1ccc(C#N)c(O/N=C2/C3=C(CCC2Cn2ccnc2C)N(C)C2CCC=CC=C32)n1. The molecule has 33 heavy (non-hydrogen) atoms. The summed E-state index contributed by atoms with van der Waals surface area (Å²) in [5.74, 6) is 1.42. The Kier molecular flexibility index (Phi) is 5.59. The van der Waals surface area contributed by atoms with E-state index in [0.717, 1.165) is 49.5 Å². The highest BCUT2D eigenvalue weighted by molar-refractivity contribution is 6.07. The molecule has 2 aromatic heterocycles. The Balaban J connectivity index is 1.58. The molecule has 0 bridgehead atoms. The lowest BCUT2D eigenvalue weighted by Gasteiger charge is -2.29. The van der Waals surface area contributed by atoms with Crippen molar-refractivity contribution >= 4 is 5.71 Å². The molecule has 5 rings (SSSR count). The molecule has 168 valence electrons. The smallest absolute Gasteiger partial charge is 0.266 e. The molecule has 0 fully saturated rings. The van der Waals surface area contributed by atoms with Crippen LogP contribution in [0.1, 0.15) is 42.8 Å². The molecule has 2 aliphatic carbocycles. The summed E-state index contributed by atoms with van der Waals surface area (Å²) in [4.78, 5) is 17.2. The summed E-state index contributed by atoms with van der Waals surface area (Å²) in [5.41, 5.74) is 5.96. The first-order valence-corrected chi connectivity index (χ1v) is 11.5. The number of likely N-dealkylation sites (N-methyl/N-ethyl adjacent to an activating group) is 1. The van der Waals surface area contributed by atoms with E-state index in [-0.39, 0.29) is 11.8 Å². The molecule has 3 aliphatic rings. The third kappa shape index (κ3) is 3.86. The van der Waals surface area contributed by atoms with Gasteiger partial charge in [-0.25, -0.2) is 9.97 Å². The highest BCUT2D eigenvalue weighted by atomic mass is 16.6. The molecule has 0 saturated carbocycles. The lowest BCUT2D eigenvalue weighted by atomic mass is 9.82. The van der Waals surface area contributed by atoms with Crippen molar-refractivity contribution in [3.8, 4) is 11.9 Å². The van der Waals surface area contributed by atoms with Crippen LogP contribution in [0.2, 0.25) is 0 Å². The topological polar surface area (TPSA) is 79.3 Å². The van der Waals surface area contributed by atoms with Gasteiger partial charge in [0, 0.05) is 48.9 Å². The van der Waals surface area contributed by atoms with Gasteiger partial charge >= 0.3 is 0 Å². The van der Waals surface area contributed by atoms with Gasteiger partial charge in [-0.2, -0.15) is 5.26 Å². The number of hydrogen-bond acceptors (Lipinski definition) is 6. The van der Waals surface area contributed by atoms with Crippen molar-refractivity contribution in [1.29, 1.82) is 5.26 Å². The van der Waals surface area contributed by atoms with Crippen LogP contribution in [0.3, 0.4) is 0 Å². The monoisotopic (exact) mass is 440 g/mol. The first-order chi connectivity index (χ1) is 16.1. The summed E-state index contributed by atoms with van der Waals surface area (Å²) in [7, 11) is 2.20. The van der Waals surface area contributed by atoms with Crippen molar-refractivity contribution in [3.05, 3.63) is 76.7 Å². The van der Waals surface area contributed by atoms with E-state index in [2.05, 4.69) is 50.8 Å². The van der Waals surface area contributed by atoms with Crippen molar-refractivity contribution in [2.24, 2.45) is 11.1 Å². The van der Waals surface area contributed by atoms with E-state index < -0.39 is 0 Å². The van der Waals surface area contributed by atoms with Gasteiger partial charge in [-0.15, -0.1) is 0 Å². The Morgan fingerprint density at radius 2 is 2.15 bits per heavy atom. The lowest BCUT2D eigenvalue weighted by molar-refractivity contribution is 0.314. The summed E-state index contributed by atoms with van der Waals surface area (Å²) >= 11 is 0. The van der Waals surface area contributed by atoms with Gasteiger partial charge in [0.2, 0.25) is 0 Å². The number of nitriles is 1. The number of aromatic nitrogens is 3. The number of rotatable bonds is 4. The molecule has 0 radical (unpaired) electrons. The molecule has 0 saturated heterocycles. The highest BCUT2D eigenvalue weighted by Gasteiger charge is 2.41. The van der Waals surface area contributed by atoms with E-state index in [1.165, 1.54) is 16.8 Å². The summed E-state index contributed by atoms with van der Waals surface area (Å²) in [6.07, 6.45) is 14.6. The van der Waals surface area contributed by atoms with Gasteiger partial charge in [-0.1, -0.05) is 23.4 Å². The van der Waals surface area contributed by atoms with Gasteiger partial charge in [0.05, 0.1) is 11.8 Å². The van der Waals surface area contributed by atoms with Crippen LogP contribution in [0, 0.1) is 31.1 Å². The molecule has 3 heterocycles. The number of allylic oxidation sites excluding steroid dienone is 4. The maximum absolute atomic E-state index is 9.51. The normalized spacial score (nSPS) is 23.2. The minimum absolute atomic E-state index is 0.173. The van der Waals surface area contributed by atoms with E-state index in [1.54, 1.807) is 6.07 Å². The lowest BCUT2D eigenvalue weighted by Crippen LogP contribution is -2.29. The second-order valence-corrected chi connectivity index (χ2v) is 8.92. The highest BCUT2D eigenvalue weighted by Crippen LogP contribution is 2.44. The van der Waals surface area contributed by atoms with Crippen molar-refractivity contribution in [2.45, 2.75) is 52.1 Å². The van der Waals surface area contributed by atoms with Crippen molar-refractivity contribution in [3.63, 3.8) is 0 Å². The van der Waals surface area contributed by atoms with Crippen molar-refractivity contribution in [1.82, 2.24) is 19.4 Å². The zero-order valence-corrected chi connectivity index (χ0v) is 19.3. The number of imidazole rings is 1. The van der Waals surface area contributed by atoms with Gasteiger partial charge in [-0.3, -0.25) is 0 Å². The third-order valence-corrected chi connectivity index (χ3v) is 6.91. The van der Waals surface area contributed by atoms with Crippen molar-refractivity contribution < 1.29 is 4.84 Å². The molecule has 1 aliphatic heterocycles. The van der Waals surface area contributed by atoms with Crippen LogP contribution in [0.4, 0.5) is 0 Å². The van der Waals surface area contributed by atoms with Gasteiger partial charge in [0.15, 0.2) is 0 Å². The van der Waals surface area contributed by atoms with Crippen LogP contribution in [-0.2, 0) is 6.54 Å². The van der Waals surface area contributed by atoms with Gasteiger partial charge in [0.1, 0.15) is 17.5 Å². The number of aryl methyl sites for hydroxylation is 2. The summed E-state index contributed by atoms with van der Waals surface area (Å²) < 4.78 is 2.18. The summed E-state index contributed by atoms with van der Waals surface area (Å²) in [5, 5.41) is 14.2. The Morgan fingerprint density at radius 1 is 1.27 bits per heavy atom. The van der Waals surface area contributed by atoms with E-state index in [4.69, 9.17) is 9.99 Å². The van der Waals surface area contributed by atoms with Crippen LogP contribution in [0.5, 0.6) is 5.88 Å². The first-order valence-electron chi connectivity index (χ1n) is 11.5. The zero-order chi connectivity index (χ0) is 22.9. The third-order valence-electron chi connectivity index (χ3n) is 6.91. The van der Waals surface area contributed by atoms with E-state index in [0.29, 0.717) is 11.6 Å². The molecule has 2 atom stereocenters. The fraction of sp³-hybridized carbons (Fsp3) is 0.385. The number of pyridine rings is 1. The van der Waals surface area contributed by atoms with Crippen molar-refractivity contribution in [2.75, 3.05) is 7.05 Å². The zero-order valence-electron chi connectivity index (χ0n) is 19.3. The molecule has 7 heteroatoms. The van der Waals surface area contributed by atoms with Crippen LogP contribution < -0.4 is 4.84 Å². The number of fused-ring (bicyclic) bond motifs is 2. The van der Waals surface area contributed by atoms with Crippen LogP contribution >= 0.6 is 0 Å². The fourth-order valence-corrected chi connectivity index (χ4v) is 5.13. The predicted octanol–water partition coefficient (Wildman–Crippen LogP) is 4.46. The average Bonchev–Trinajstić information content (AvgIpc) is 3.22. The predicted molar refractivity (Wildman–Crippen MR) is 126 cm³/mol. The van der Waals surface area contributed by atoms with E-state index in [1.807, 2.05) is 32.3 Å². The van der Waals surface area contributed by atoms with E-state index in [9.17, 15) is 5.26 Å². The Hall–Kier alpha value is -3.66. The minimum atomic E-state index is 0.173. The number of nitrogens with zero attached hydrogens (tertiary/aromatic N) is 6. The molecule has 0 spiro atoms. The molecule has 2 aromatic rings. The van der Waals surface area contributed by atoms with Gasteiger partial charge < -0.3 is 14.3 Å². The number of oxime groups is 1. The largest absolute Gasteiger partial charge is 0.370 e. The Labute approximate surface area is 194 Å². The molecule has 0 amide bonds. The Bertz CT molecular complexity index is 1240. The Morgan fingerprint density at radius 3 is 2.94 bits per heavy atom. The quantitative estimate of drug-likeness (QED) is 0.656. The molecule has 2 unspecified atom stereocenters. The van der Waals surface area contributed by atoms with Crippen LogP contribution in [-0.4, -0.2) is 38.2 Å². The molecular formula is C26H28N6O. The van der Waals surface area contributed by atoms with Crippen LogP contribution in [0.15, 0.2) is 64.8 Å². The molecule has 0 aromatic carbocycles. The molecular weight excluding hydrogens is 412 g/mol. The second kappa shape index (κ2) is 8.70.